The molecule has 0 aliphatic rings. The molecule has 0 saturated carbocycles. The molecule has 0 heterocycles. The van der Waals surface area contributed by atoms with Crippen LogP contribution in [0.25, 0.3) is 0 Å². The van der Waals surface area contributed by atoms with E-state index in [4.69, 9.17) is 61.6 Å². The predicted molar refractivity (Wildman–Crippen MR) is 254 cm³/mol. The summed E-state index contributed by atoms with van der Waals surface area (Å²) in [5, 5.41) is 0. The highest BCUT2D eigenvalue weighted by Crippen LogP contribution is 2.14. The molecule has 64 heavy (non-hydrogen) atoms. The molecule has 384 valence electrons. The van der Waals surface area contributed by atoms with Gasteiger partial charge in [-0.05, 0) is 12.8 Å². The summed E-state index contributed by atoms with van der Waals surface area (Å²) in [6.07, 6.45) is 27.9. The Balaban J connectivity index is 3.12. The van der Waals surface area contributed by atoms with Gasteiger partial charge in [0.05, 0.1) is 152 Å². The molecule has 0 atom stereocenters. The molecular weight excluding hydrogens is 825 g/mol. The van der Waals surface area contributed by atoms with Crippen LogP contribution in [-0.4, -0.2) is 171 Å². The minimum absolute atomic E-state index is 0.130. The van der Waals surface area contributed by atoms with Crippen LogP contribution in [0.15, 0.2) is 0 Å². The molecule has 0 aliphatic carbocycles. The molecular formula is C50H100O14. The van der Waals surface area contributed by atoms with E-state index in [2.05, 4.69) is 13.8 Å². The van der Waals surface area contributed by atoms with Gasteiger partial charge in [0.15, 0.2) is 0 Å². The van der Waals surface area contributed by atoms with E-state index in [1.54, 1.807) is 0 Å². The van der Waals surface area contributed by atoms with E-state index in [1.165, 1.54) is 116 Å². The third kappa shape index (κ3) is 59.0. The smallest absolute Gasteiger partial charge is 0.305 e. The Morgan fingerprint density at radius 1 is 0.219 bits per heavy atom. The molecule has 0 bridgehead atoms. The summed E-state index contributed by atoms with van der Waals surface area (Å²) in [5.41, 5.74) is 0. The first kappa shape index (κ1) is 63.0. The molecule has 0 spiro atoms. The lowest BCUT2D eigenvalue weighted by molar-refractivity contribution is -0.145. The highest BCUT2D eigenvalue weighted by molar-refractivity contribution is 5.69. The maximum Gasteiger partial charge on any atom is 0.305 e. The van der Waals surface area contributed by atoms with Gasteiger partial charge < -0.3 is 61.6 Å². The highest BCUT2D eigenvalue weighted by atomic mass is 16.6. The molecule has 0 aliphatic heterocycles. The highest BCUT2D eigenvalue weighted by Gasteiger charge is 2.03. The molecule has 14 heteroatoms. The summed E-state index contributed by atoms with van der Waals surface area (Å²) in [4.78, 5) is 11.9. The topological polar surface area (TPSA) is 137 Å². The SMILES string of the molecule is CCCCCCCCCCCCCCCCCC(=O)OCCOCCOCCOCCOCCOCCOCCOCCOCCOCCOCCOCCOCCCCCCCC. The standard InChI is InChI=1S/C50H100O14/c1-3-5-7-9-11-12-13-14-15-16-17-18-19-20-22-24-50(51)64-49-48-63-47-46-62-45-44-61-43-42-60-41-40-59-39-38-58-37-36-57-35-34-56-33-32-55-31-30-54-29-28-53-27-26-52-25-23-21-10-8-6-4-2/h3-49H2,1-2H3. The van der Waals surface area contributed by atoms with Crippen LogP contribution in [0, 0.1) is 0 Å². The van der Waals surface area contributed by atoms with Gasteiger partial charge in [-0.3, -0.25) is 4.79 Å². The van der Waals surface area contributed by atoms with E-state index >= 15 is 0 Å². The summed E-state index contributed by atoms with van der Waals surface area (Å²) >= 11 is 0. The number of carbonyl (C=O) groups excluding carboxylic acids is 1. The molecule has 0 unspecified atom stereocenters. The van der Waals surface area contributed by atoms with Gasteiger partial charge in [0.1, 0.15) is 6.61 Å². The van der Waals surface area contributed by atoms with Crippen LogP contribution in [0.2, 0.25) is 0 Å². The summed E-state index contributed by atoms with van der Waals surface area (Å²) in [5.74, 6) is -0.130. The van der Waals surface area contributed by atoms with Gasteiger partial charge >= 0.3 is 5.97 Å². The zero-order chi connectivity index (χ0) is 46.0. The number of rotatable bonds is 59. The van der Waals surface area contributed by atoms with Gasteiger partial charge in [-0.25, -0.2) is 0 Å². The molecule has 14 nitrogen and oxygen atoms in total. The maximum absolute atomic E-state index is 11.9. The van der Waals surface area contributed by atoms with Gasteiger partial charge in [0.25, 0.3) is 0 Å². The van der Waals surface area contributed by atoms with Gasteiger partial charge in [-0.1, -0.05) is 136 Å². The number of hydrogen-bond donors (Lipinski definition) is 0. The van der Waals surface area contributed by atoms with Crippen molar-refractivity contribution in [2.45, 2.75) is 155 Å². The lowest BCUT2D eigenvalue weighted by Crippen LogP contribution is -2.15. The Kier molecular flexibility index (Phi) is 59.1. The summed E-state index contributed by atoms with van der Waals surface area (Å²) in [6.45, 7) is 17.4. The molecule has 0 aromatic carbocycles. The fourth-order valence-corrected chi connectivity index (χ4v) is 6.43. The Labute approximate surface area is 391 Å². The van der Waals surface area contributed by atoms with E-state index < -0.39 is 0 Å². The van der Waals surface area contributed by atoms with Gasteiger partial charge in [0, 0.05) is 13.0 Å². The Bertz CT molecular complexity index is 842. The number of carbonyl (C=O) groups is 1. The largest absolute Gasteiger partial charge is 0.463 e. The first-order valence-corrected chi connectivity index (χ1v) is 25.9. The number of hydrogen-bond acceptors (Lipinski definition) is 14. The summed E-state index contributed by atoms with van der Waals surface area (Å²) in [6, 6.07) is 0. The van der Waals surface area contributed by atoms with E-state index in [0.29, 0.717) is 158 Å². The van der Waals surface area contributed by atoms with Crippen molar-refractivity contribution < 1.29 is 66.4 Å². The van der Waals surface area contributed by atoms with E-state index in [-0.39, 0.29) is 12.6 Å². The van der Waals surface area contributed by atoms with E-state index in [1.807, 2.05) is 0 Å². The zero-order valence-electron chi connectivity index (χ0n) is 41.4. The molecule has 0 N–H and O–H groups in total. The molecule has 0 rings (SSSR count). The van der Waals surface area contributed by atoms with Crippen molar-refractivity contribution >= 4 is 5.97 Å². The second kappa shape index (κ2) is 60.0. The Morgan fingerprint density at radius 2 is 0.406 bits per heavy atom. The minimum Gasteiger partial charge on any atom is -0.463 e. The third-order valence-corrected chi connectivity index (χ3v) is 10.2. The van der Waals surface area contributed by atoms with Gasteiger partial charge in [0.2, 0.25) is 0 Å². The minimum atomic E-state index is -0.130. The molecule has 0 fully saturated rings. The van der Waals surface area contributed by atoms with Crippen molar-refractivity contribution in [3.05, 3.63) is 0 Å². The average Bonchev–Trinajstić information content (AvgIpc) is 3.30. The van der Waals surface area contributed by atoms with Crippen molar-refractivity contribution in [3.63, 3.8) is 0 Å². The Morgan fingerprint density at radius 3 is 0.656 bits per heavy atom. The summed E-state index contributed by atoms with van der Waals surface area (Å²) in [7, 11) is 0. The molecule has 0 radical (unpaired) electrons. The second-order valence-electron chi connectivity index (χ2n) is 16.0. The first-order chi connectivity index (χ1) is 31.8. The average molecular weight is 925 g/mol. The fourth-order valence-electron chi connectivity index (χ4n) is 6.43. The van der Waals surface area contributed by atoms with Crippen molar-refractivity contribution in [1.29, 1.82) is 0 Å². The molecule has 0 aromatic rings. The zero-order valence-corrected chi connectivity index (χ0v) is 41.4. The molecule has 0 saturated heterocycles. The molecule has 0 aromatic heterocycles. The fraction of sp³-hybridized carbons (Fsp3) is 0.980. The monoisotopic (exact) mass is 925 g/mol. The van der Waals surface area contributed by atoms with Crippen molar-refractivity contribution in [1.82, 2.24) is 0 Å². The van der Waals surface area contributed by atoms with Crippen LogP contribution in [0.1, 0.15) is 155 Å². The number of unbranched alkanes of at least 4 members (excludes halogenated alkanes) is 19. The van der Waals surface area contributed by atoms with Crippen LogP contribution in [0.4, 0.5) is 0 Å². The van der Waals surface area contributed by atoms with Crippen LogP contribution in [0.5, 0.6) is 0 Å². The van der Waals surface area contributed by atoms with Crippen molar-refractivity contribution in [2.75, 3.05) is 165 Å². The first-order valence-electron chi connectivity index (χ1n) is 25.9. The second-order valence-corrected chi connectivity index (χ2v) is 16.0. The normalized spacial score (nSPS) is 11.6. The molecule has 0 amide bonds. The summed E-state index contributed by atoms with van der Waals surface area (Å²) < 4.78 is 71.6. The third-order valence-electron chi connectivity index (χ3n) is 10.2. The number of esters is 1. The van der Waals surface area contributed by atoms with Crippen LogP contribution >= 0.6 is 0 Å². The predicted octanol–water partition coefficient (Wildman–Crippen LogP) is 9.35. The van der Waals surface area contributed by atoms with Crippen LogP contribution in [-0.2, 0) is 66.4 Å². The number of ether oxygens (including phenoxy) is 13. The lowest BCUT2D eigenvalue weighted by atomic mass is 10.0. The van der Waals surface area contributed by atoms with E-state index in [0.717, 1.165) is 25.9 Å². The Hall–Kier alpha value is -1.01. The maximum atomic E-state index is 11.9. The quantitative estimate of drug-likeness (QED) is 0.0423. The van der Waals surface area contributed by atoms with Gasteiger partial charge in [-0.2, -0.15) is 0 Å². The van der Waals surface area contributed by atoms with Crippen LogP contribution in [0.3, 0.4) is 0 Å². The van der Waals surface area contributed by atoms with Crippen LogP contribution < -0.4 is 0 Å². The van der Waals surface area contributed by atoms with Crippen molar-refractivity contribution in [3.8, 4) is 0 Å². The van der Waals surface area contributed by atoms with Crippen molar-refractivity contribution in [2.24, 2.45) is 0 Å². The van der Waals surface area contributed by atoms with E-state index in [9.17, 15) is 4.79 Å². The van der Waals surface area contributed by atoms with Gasteiger partial charge in [-0.15, -0.1) is 0 Å². The lowest BCUT2D eigenvalue weighted by Gasteiger charge is -2.09.